The van der Waals surface area contributed by atoms with Gasteiger partial charge in [-0.1, -0.05) is 24.3 Å². The Morgan fingerprint density at radius 2 is 0.920 bits per heavy atom. The number of allylic oxidation sites excluding steroid dienone is 4. The Morgan fingerprint density at radius 3 is 1.20 bits per heavy atom. The molecule has 8 heteroatoms. The van der Waals surface area contributed by atoms with Gasteiger partial charge in [0.15, 0.2) is 0 Å². The van der Waals surface area contributed by atoms with Crippen molar-refractivity contribution in [2.24, 2.45) is 5.41 Å². The summed E-state index contributed by atoms with van der Waals surface area (Å²) < 4.78 is 33.1. The summed E-state index contributed by atoms with van der Waals surface area (Å²) in [7, 11) is 4.96. The zero-order valence-electron chi connectivity index (χ0n) is 16.5. The molecular weight excluding hydrogens is 356 g/mol. The molecular formula is C17H34O6Si2. The van der Waals surface area contributed by atoms with Crippen molar-refractivity contribution in [1.82, 2.24) is 0 Å². The zero-order valence-corrected chi connectivity index (χ0v) is 18.5. The second kappa shape index (κ2) is 10.7. The largest absolute Gasteiger partial charge is 0.500 e. The molecule has 6 nitrogen and oxygen atoms in total. The quantitative estimate of drug-likeness (QED) is 0.424. The molecule has 0 radical (unpaired) electrons. The second-order valence-electron chi connectivity index (χ2n) is 6.25. The maximum Gasteiger partial charge on any atom is 0.500 e. The third-order valence-corrected chi connectivity index (χ3v) is 10.7. The first kappa shape index (κ1) is 22.7. The Morgan fingerprint density at radius 1 is 0.600 bits per heavy atom. The van der Waals surface area contributed by atoms with Gasteiger partial charge in [0.2, 0.25) is 0 Å². The fourth-order valence-electron chi connectivity index (χ4n) is 3.39. The summed E-state index contributed by atoms with van der Waals surface area (Å²) in [6, 6.07) is 1.62. The highest BCUT2D eigenvalue weighted by atomic mass is 28.4. The zero-order chi connectivity index (χ0) is 18.8. The van der Waals surface area contributed by atoms with Crippen LogP contribution in [0.5, 0.6) is 0 Å². The smallest absolute Gasteiger partial charge is 0.377 e. The van der Waals surface area contributed by atoms with Crippen LogP contribution in [0.25, 0.3) is 0 Å². The lowest BCUT2D eigenvalue weighted by atomic mass is 9.81. The molecule has 1 rings (SSSR count). The first-order chi connectivity index (χ1) is 12.0. The highest BCUT2D eigenvalue weighted by molar-refractivity contribution is 6.60. The molecule has 0 saturated heterocycles. The Balaban J connectivity index is 2.58. The third kappa shape index (κ3) is 6.11. The van der Waals surface area contributed by atoms with Gasteiger partial charge in [-0.15, -0.1) is 0 Å². The van der Waals surface area contributed by atoms with E-state index in [-0.39, 0.29) is 5.41 Å². The van der Waals surface area contributed by atoms with Gasteiger partial charge in [0.05, 0.1) is 0 Å². The molecule has 0 fully saturated rings. The molecule has 0 unspecified atom stereocenters. The van der Waals surface area contributed by atoms with Crippen LogP contribution in [0.15, 0.2) is 24.3 Å². The lowest BCUT2D eigenvalue weighted by molar-refractivity contribution is 0.121. The number of rotatable bonds is 14. The lowest BCUT2D eigenvalue weighted by Crippen LogP contribution is -2.43. The van der Waals surface area contributed by atoms with E-state index in [1.165, 1.54) is 0 Å². The fraction of sp³-hybridized carbons (Fsp3) is 0.765. The summed E-state index contributed by atoms with van der Waals surface area (Å²) in [6.07, 6.45) is 12.9. The van der Waals surface area contributed by atoms with Crippen molar-refractivity contribution in [3.05, 3.63) is 24.3 Å². The maximum absolute atomic E-state index is 5.52. The van der Waals surface area contributed by atoms with Crippen molar-refractivity contribution >= 4 is 17.6 Å². The molecule has 25 heavy (non-hydrogen) atoms. The van der Waals surface area contributed by atoms with Crippen LogP contribution >= 0.6 is 0 Å². The van der Waals surface area contributed by atoms with E-state index in [4.69, 9.17) is 26.6 Å². The van der Waals surface area contributed by atoms with Crippen molar-refractivity contribution in [1.29, 1.82) is 0 Å². The first-order valence-electron chi connectivity index (χ1n) is 8.67. The SMILES string of the molecule is CO[Si](CCCC1(CCC[Si](OC)(OC)OC)C=CC=C1)(OC)OC. The van der Waals surface area contributed by atoms with E-state index >= 15 is 0 Å². The van der Waals surface area contributed by atoms with Gasteiger partial charge in [0, 0.05) is 60.2 Å². The fourth-order valence-corrected chi connectivity index (χ4v) is 6.83. The second-order valence-corrected chi connectivity index (χ2v) is 12.4. The lowest BCUT2D eigenvalue weighted by Gasteiger charge is -2.30. The van der Waals surface area contributed by atoms with Gasteiger partial charge in [-0.05, 0) is 25.7 Å². The van der Waals surface area contributed by atoms with Gasteiger partial charge in [-0.2, -0.15) is 0 Å². The Labute approximate surface area is 154 Å². The van der Waals surface area contributed by atoms with Gasteiger partial charge < -0.3 is 26.6 Å². The van der Waals surface area contributed by atoms with E-state index in [0.29, 0.717) is 0 Å². The summed E-state index contributed by atoms with van der Waals surface area (Å²) in [5, 5.41) is 0. The predicted octanol–water partition coefficient (Wildman–Crippen LogP) is 3.42. The van der Waals surface area contributed by atoms with Crippen molar-refractivity contribution in [2.45, 2.75) is 37.8 Å². The molecule has 1 aliphatic carbocycles. The number of hydrogen-bond acceptors (Lipinski definition) is 6. The van der Waals surface area contributed by atoms with Crippen molar-refractivity contribution in [3.8, 4) is 0 Å². The highest BCUT2D eigenvalue weighted by Gasteiger charge is 2.40. The molecule has 0 spiro atoms. The molecule has 0 N–H and O–H groups in total. The van der Waals surface area contributed by atoms with Crippen molar-refractivity contribution in [2.75, 3.05) is 42.7 Å². The Hall–Kier alpha value is -0.326. The monoisotopic (exact) mass is 390 g/mol. The molecule has 1 aliphatic rings. The maximum atomic E-state index is 5.52. The Bertz CT molecular complexity index is 376. The van der Waals surface area contributed by atoms with E-state index in [1.807, 2.05) is 0 Å². The van der Waals surface area contributed by atoms with Crippen LogP contribution in [0.3, 0.4) is 0 Å². The van der Waals surface area contributed by atoms with Crippen LogP contribution in [0.1, 0.15) is 25.7 Å². The molecule has 0 aromatic carbocycles. The highest BCUT2D eigenvalue weighted by Crippen LogP contribution is 2.39. The molecule has 0 saturated carbocycles. The summed E-state index contributed by atoms with van der Waals surface area (Å²) in [5.74, 6) is 0. The standard InChI is InChI=1S/C17H34O6Si2/c1-18-24(19-2,20-3)15-9-13-17(11-7-8-12-17)14-10-16-25(21-4,22-5)23-6/h7-8,11-12H,9-10,13-16H2,1-6H3. The predicted molar refractivity (Wildman–Crippen MR) is 102 cm³/mol. The third-order valence-electron chi connectivity index (χ3n) is 5.08. The van der Waals surface area contributed by atoms with Crippen LogP contribution < -0.4 is 0 Å². The van der Waals surface area contributed by atoms with Crippen molar-refractivity contribution < 1.29 is 26.6 Å². The van der Waals surface area contributed by atoms with E-state index in [0.717, 1.165) is 37.8 Å². The molecule has 0 heterocycles. The molecule has 146 valence electrons. The molecule has 0 aromatic heterocycles. The average molecular weight is 391 g/mol. The van der Waals surface area contributed by atoms with E-state index in [9.17, 15) is 0 Å². The topological polar surface area (TPSA) is 55.4 Å². The summed E-state index contributed by atoms with van der Waals surface area (Å²) in [6.45, 7) is 0. The van der Waals surface area contributed by atoms with E-state index < -0.39 is 17.6 Å². The van der Waals surface area contributed by atoms with Gasteiger partial charge in [0.25, 0.3) is 0 Å². The molecule has 0 bridgehead atoms. The minimum Gasteiger partial charge on any atom is -0.377 e. The summed E-state index contributed by atoms with van der Waals surface area (Å²) in [4.78, 5) is 0. The van der Waals surface area contributed by atoms with Crippen molar-refractivity contribution in [3.63, 3.8) is 0 Å². The van der Waals surface area contributed by atoms with Crippen LogP contribution in [-0.4, -0.2) is 60.3 Å². The van der Waals surface area contributed by atoms with Gasteiger partial charge in [-0.25, -0.2) is 0 Å². The molecule has 0 aliphatic heterocycles. The molecule has 0 amide bonds. The summed E-state index contributed by atoms with van der Waals surface area (Å²) in [5.41, 5.74) is 0.0741. The molecule has 0 aromatic rings. The average Bonchev–Trinajstić information content (AvgIpc) is 3.12. The normalized spacial score (nSPS) is 16.7. The number of hydrogen-bond donors (Lipinski definition) is 0. The minimum absolute atomic E-state index is 0.0741. The van der Waals surface area contributed by atoms with Gasteiger partial charge >= 0.3 is 17.6 Å². The first-order valence-corrected chi connectivity index (χ1v) is 12.5. The van der Waals surface area contributed by atoms with Crippen LogP contribution in [0, 0.1) is 5.41 Å². The van der Waals surface area contributed by atoms with Crippen LogP contribution in [-0.2, 0) is 26.6 Å². The van der Waals surface area contributed by atoms with Crippen LogP contribution in [0.2, 0.25) is 12.1 Å². The van der Waals surface area contributed by atoms with Gasteiger partial charge in [-0.3, -0.25) is 0 Å². The summed E-state index contributed by atoms with van der Waals surface area (Å²) >= 11 is 0. The van der Waals surface area contributed by atoms with Crippen LogP contribution in [0.4, 0.5) is 0 Å². The molecule has 0 atom stereocenters. The van der Waals surface area contributed by atoms with Gasteiger partial charge in [0.1, 0.15) is 0 Å². The van der Waals surface area contributed by atoms with E-state index in [1.54, 1.807) is 42.7 Å². The minimum atomic E-state index is -2.50. The van der Waals surface area contributed by atoms with E-state index in [2.05, 4.69) is 24.3 Å². The Kier molecular flexibility index (Phi) is 9.75.